The van der Waals surface area contributed by atoms with Crippen LogP contribution in [-0.2, 0) is 27.5 Å². The molecule has 0 unspecified atom stereocenters. The normalized spacial score (nSPS) is 20.3. The molecule has 35 heavy (non-hydrogen) atoms. The summed E-state index contributed by atoms with van der Waals surface area (Å²) in [5.41, 5.74) is 1.84. The predicted octanol–water partition coefficient (Wildman–Crippen LogP) is 2.41. The van der Waals surface area contributed by atoms with Crippen molar-refractivity contribution in [2.75, 3.05) is 6.61 Å². The molecule has 3 aromatic rings. The molecule has 1 saturated carbocycles. The fourth-order valence-electron chi connectivity index (χ4n) is 4.27. The van der Waals surface area contributed by atoms with Gasteiger partial charge in [-0.25, -0.2) is 15.1 Å². The lowest BCUT2D eigenvalue weighted by atomic mass is 9.96. The van der Waals surface area contributed by atoms with Crippen LogP contribution in [0, 0.1) is 11.8 Å². The molecular formula is C22H23Cl2N5O5S. The summed E-state index contributed by atoms with van der Waals surface area (Å²) in [5, 5.41) is 20.7. The summed E-state index contributed by atoms with van der Waals surface area (Å²) < 4.78 is 28.4. The van der Waals surface area contributed by atoms with Gasteiger partial charge in [0.2, 0.25) is 5.78 Å². The van der Waals surface area contributed by atoms with Crippen LogP contribution < -0.4 is 5.14 Å². The Morgan fingerprint density at radius 3 is 2.83 bits per heavy atom. The number of carbonyl (C=O) groups excluding carboxylic acids is 1. The second-order valence-electron chi connectivity index (χ2n) is 8.49. The van der Waals surface area contributed by atoms with E-state index in [1.165, 1.54) is 12.5 Å². The molecule has 0 spiro atoms. The number of aliphatic hydroxyl groups excluding tert-OH is 1. The number of carbonyl (C=O) groups is 1. The Kier molecular flexibility index (Phi) is 7.84. The highest BCUT2D eigenvalue weighted by Gasteiger charge is 2.35. The van der Waals surface area contributed by atoms with E-state index in [2.05, 4.69) is 19.2 Å². The second-order valence-corrected chi connectivity index (χ2v) is 10.6. The molecule has 0 bridgehead atoms. The summed E-state index contributed by atoms with van der Waals surface area (Å²) in [4.78, 5) is 21.5. The molecule has 0 saturated heterocycles. The highest BCUT2D eigenvalue weighted by molar-refractivity contribution is 7.84. The fraction of sp³-hybridized carbons (Fsp3) is 0.364. The predicted molar refractivity (Wildman–Crippen MR) is 128 cm³/mol. The largest absolute Gasteiger partial charge is 0.393 e. The zero-order chi connectivity index (χ0) is 25.2. The van der Waals surface area contributed by atoms with Gasteiger partial charge in [-0.2, -0.15) is 13.5 Å². The maximum Gasteiger partial charge on any atom is 0.333 e. The van der Waals surface area contributed by atoms with Crippen molar-refractivity contribution in [2.24, 2.45) is 17.0 Å². The molecule has 2 heterocycles. The highest BCUT2D eigenvalue weighted by Crippen LogP contribution is 2.34. The van der Waals surface area contributed by atoms with E-state index in [0.29, 0.717) is 47.1 Å². The molecule has 1 fully saturated rings. The lowest BCUT2D eigenvalue weighted by Gasteiger charge is -2.13. The summed E-state index contributed by atoms with van der Waals surface area (Å²) in [6.45, 7) is 0.146. The molecule has 0 radical (unpaired) electrons. The van der Waals surface area contributed by atoms with Crippen LogP contribution in [0.3, 0.4) is 0 Å². The zero-order valence-electron chi connectivity index (χ0n) is 18.4. The van der Waals surface area contributed by atoms with E-state index in [0.717, 1.165) is 5.56 Å². The van der Waals surface area contributed by atoms with Gasteiger partial charge in [0.05, 0.1) is 30.5 Å². The zero-order valence-corrected chi connectivity index (χ0v) is 20.7. The van der Waals surface area contributed by atoms with Gasteiger partial charge in [-0.3, -0.25) is 13.7 Å². The van der Waals surface area contributed by atoms with Crippen molar-refractivity contribution in [1.29, 1.82) is 0 Å². The molecule has 0 aliphatic heterocycles. The second kappa shape index (κ2) is 10.7. The minimum absolute atomic E-state index is 0.0249. The smallest absolute Gasteiger partial charge is 0.333 e. The number of aromatic nitrogens is 4. The molecule has 1 aliphatic rings. The number of halogens is 2. The maximum absolute atomic E-state index is 13.2. The Labute approximate surface area is 212 Å². The molecule has 1 aliphatic carbocycles. The highest BCUT2D eigenvalue weighted by atomic mass is 35.5. The molecule has 3 N–H and O–H groups in total. The molecule has 1 aromatic carbocycles. The number of nitrogens with two attached hydrogens (primary N) is 1. The summed E-state index contributed by atoms with van der Waals surface area (Å²) in [6, 6.07) is 6.75. The quantitative estimate of drug-likeness (QED) is 0.393. The van der Waals surface area contributed by atoms with Gasteiger partial charge in [-0.1, -0.05) is 23.2 Å². The summed E-state index contributed by atoms with van der Waals surface area (Å²) in [7, 11) is -4.08. The molecular weight excluding hydrogens is 517 g/mol. The maximum atomic E-state index is 13.2. The first-order valence-electron chi connectivity index (χ1n) is 10.7. The summed E-state index contributed by atoms with van der Waals surface area (Å²) in [6.07, 6.45) is 5.08. The number of hydrogen-bond acceptors (Lipinski definition) is 8. The summed E-state index contributed by atoms with van der Waals surface area (Å²) >= 11 is 12.3. The molecule has 0 amide bonds. The van der Waals surface area contributed by atoms with E-state index >= 15 is 0 Å². The first kappa shape index (κ1) is 25.7. The van der Waals surface area contributed by atoms with Crippen LogP contribution >= 0.6 is 23.2 Å². The standard InChI is InChI=1S/C22H23Cl2N5O5S/c23-16-1-2-18(24)14(8-16)10-29-4-3-19(28-29)22(31)17-9-26-12-27-20(17)6-13-5-15(21(30)7-13)11-34-35(25,32)33/h1-4,8-9,12-13,15,21,30H,5-7,10-11H2,(H2,25,32,33)/t13-,15+,21-/m0/s1. The lowest BCUT2D eigenvalue weighted by molar-refractivity contribution is 0.100. The van der Waals surface area contributed by atoms with Gasteiger partial charge >= 0.3 is 10.3 Å². The fourth-order valence-corrected chi connectivity index (χ4v) is 5.01. The van der Waals surface area contributed by atoms with Crippen LogP contribution in [0.1, 0.15) is 40.2 Å². The Balaban J connectivity index is 1.46. The van der Waals surface area contributed by atoms with Gasteiger partial charge in [0.25, 0.3) is 0 Å². The number of benzene rings is 1. The Morgan fingerprint density at radius 1 is 1.26 bits per heavy atom. The van der Waals surface area contributed by atoms with E-state index in [-0.39, 0.29) is 29.9 Å². The van der Waals surface area contributed by atoms with Crippen molar-refractivity contribution in [1.82, 2.24) is 19.7 Å². The number of hydrogen-bond donors (Lipinski definition) is 2. The van der Waals surface area contributed by atoms with E-state index in [9.17, 15) is 18.3 Å². The SMILES string of the molecule is NS(=O)(=O)OC[C@H]1C[C@@H](Cc2ncncc2C(=O)c2ccn(Cc3cc(Cl)ccc3Cl)n2)C[C@@H]1O. The van der Waals surface area contributed by atoms with Crippen LogP contribution in [0.25, 0.3) is 0 Å². The van der Waals surface area contributed by atoms with Crippen LogP contribution in [0.2, 0.25) is 10.0 Å². The van der Waals surface area contributed by atoms with Gasteiger partial charge < -0.3 is 5.11 Å². The van der Waals surface area contributed by atoms with Crippen molar-refractivity contribution in [3.8, 4) is 0 Å². The topological polar surface area (TPSA) is 150 Å². The van der Waals surface area contributed by atoms with Gasteiger partial charge in [0.1, 0.15) is 12.0 Å². The molecule has 10 nitrogen and oxygen atoms in total. The number of rotatable bonds is 9. The Hall–Kier alpha value is -2.41. The first-order valence-corrected chi connectivity index (χ1v) is 13.0. The third-order valence-electron chi connectivity index (χ3n) is 5.94. The van der Waals surface area contributed by atoms with Crippen molar-refractivity contribution in [2.45, 2.75) is 31.9 Å². The van der Waals surface area contributed by atoms with Gasteiger partial charge in [-0.15, -0.1) is 0 Å². The van der Waals surface area contributed by atoms with Crippen molar-refractivity contribution >= 4 is 39.3 Å². The number of aliphatic hydroxyl groups is 1. The molecule has 186 valence electrons. The Morgan fingerprint density at radius 2 is 2.06 bits per heavy atom. The third kappa shape index (κ3) is 6.63. The molecule has 4 rings (SSSR count). The number of ketones is 1. The van der Waals surface area contributed by atoms with Crippen LogP contribution in [-0.4, -0.2) is 51.8 Å². The van der Waals surface area contributed by atoms with Gasteiger partial charge in [0.15, 0.2) is 0 Å². The van der Waals surface area contributed by atoms with E-state index in [1.807, 2.05) is 0 Å². The molecule has 2 aromatic heterocycles. The van der Waals surface area contributed by atoms with E-state index in [4.69, 9.17) is 28.3 Å². The average molecular weight is 540 g/mol. The van der Waals surface area contributed by atoms with Crippen molar-refractivity contribution < 1.29 is 22.5 Å². The third-order valence-corrected chi connectivity index (χ3v) is 7.00. The van der Waals surface area contributed by atoms with Crippen LogP contribution in [0.4, 0.5) is 0 Å². The van der Waals surface area contributed by atoms with E-state index in [1.54, 1.807) is 35.1 Å². The van der Waals surface area contributed by atoms with Crippen LogP contribution in [0.15, 0.2) is 43.0 Å². The lowest BCUT2D eigenvalue weighted by Crippen LogP contribution is -2.24. The molecule has 3 atom stereocenters. The average Bonchev–Trinajstić information content (AvgIpc) is 3.40. The van der Waals surface area contributed by atoms with Crippen molar-refractivity contribution in [3.63, 3.8) is 0 Å². The Bertz CT molecular complexity index is 1330. The van der Waals surface area contributed by atoms with Crippen LogP contribution in [0.5, 0.6) is 0 Å². The monoisotopic (exact) mass is 539 g/mol. The van der Waals surface area contributed by atoms with Gasteiger partial charge in [-0.05, 0) is 55.0 Å². The first-order chi connectivity index (χ1) is 16.6. The number of nitrogens with zero attached hydrogens (tertiary/aromatic N) is 4. The molecule has 13 heteroatoms. The summed E-state index contributed by atoms with van der Waals surface area (Å²) in [5.74, 6) is -0.736. The van der Waals surface area contributed by atoms with E-state index < -0.39 is 16.4 Å². The minimum Gasteiger partial charge on any atom is -0.393 e. The minimum atomic E-state index is -4.08. The van der Waals surface area contributed by atoms with Gasteiger partial charge in [0, 0.05) is 28.4 Å². The van der Waals surface area contributed by atoms with Crippen molar-refractivity contribution in [3.05, 3.63) is 75.5 Å².